The lowest BCUT2D eigenvalue weighted by atomic mass is 9.92. The monoisotopic (exact) mass is 291 g/mol. The van der Waals surface area contributed by atoms with Gasteiger partial charge in [0.15, 0.2) is 5.78 Å². The van der Waals surface area contributed by atoms with Crippen molar-refractivity contribution in [2.75, 3.05) is 6.54 Å². The molecular weight excluding hydrogens is 266 g/mol. The molecule has 2 N–H and O–H groups in total. The van der Waals surface area contributed by atoms with Gasteiger partial charge in [0.2, 0.25) is 5.91 Å². The Morgan fingerprint density at radius 2 is 1.76 bits per heavy atom. The van der Waals surface area contributed by atoms with Crippen molar-refractivity contribution in [3.8, 4) is 0 Å². The van der Waals surface area contributed by atoms with Crippen molar-refractivity contribution in [3.05, 3.63) is 35.4 Å². The number of aryl methyl sites for hydroxylation is 1. The molecule has 1 unspecified atom stereocenters. The zero-order valence-corrected chi connectivity index (χ0v) is 13.3. The normalized spacial score (nSPS) is 13.8. The molecule has 0 radical (unpaired) electrons. The van der Waals surface area contributed by atoms with E-state index >= 15 is 0 Å². The minimum atomic E-state index is -0.934. The third-order valence-electron chi connectivity index (χ3n) is 3.84. The Labute approximate surface area is 126 Å². The summed E-state index contributed by atoms with van der Waals surface area (Å²) in [7, 11) is 0. The fourth-order valence-electron chi connectivity index (χ4n) is 1.68. The van der Waals surface area contributed by atoms with E-state index in [1.165, 1.54) is 0 Å². The number of aliphatic hydroxyl groups is 1. The average molecular weight is 291 g/mol. The van der Waals surface area contributed by atoms with Crippen LogP contribution in [0.4, 0.5) is 0 Å². The minimum Gasteiger partial charge on any atom is -0.388 e. The lowest BCUT2D eigenvalue weighted by Gasteiger charge is -2.27. The minimum absolute atomic E-state index is 0.0410. The Morgan fingerprint density at radius 3 is 2.29 bits per heavy atom. The highest BCUT2D eigenvalue weighted by molar-refractivity contribution is 5.97. The van der Waals surface area contributed by atoms with E-state index in [1.807, 2.05) is 32.9 Å². The Kier molecular flexibility index (Phi) is 6.09. The second-order valence-electron chi connectivity index (χ2n) is 6.08. The summed E-state index contributed by atoms with van der Waals surface area (Å²) in [5.41, 5.74) is 0.791. The molecule has 21 heavy (non-hydrogen) atoms. The highest BCUT2D eigenvalue weighted by Gasteiger charge is 2.25. The SMILES string of the molecule is Cc1ccc(C(=O)CCC(=O)NCC(C)(O)C(C)C)cc1. The first-order valence-corrected chi connectivity index (χ1v) is 7.31. The largest absolute Gasteiger partial charge is 0.388 e. The fraction of sp³-hybridized carbons (Fsp3) is 0.529. The molecule has 0 aromatic heterocycles. The van der Waals surface area contributed by atoms with Crippen molar-refractivity contribution in [2.24, 2.45) is 5.92 Å². The lowest BCUT2D eigenvalue weighted by Crippen LogP contribution is -2.44. The molecule has 1 atom stereocenters. The van der Waals surface area contributed by atoms with Crippen molar-refractivity contribution in [3.63, 3.8) is 0 Å². The molecule has 1 rings (SSSR count). The first-order valence-electron chi connectivity index (χ1n) is 7.31. The predicted molar refractivity (Wildman–Crippen MR) is 83.2 cm³/mol. The van der Waals surface area contributed by atoms with E-state index in [-0.39, 0.29) is 37.0 Å². The van der Waals surface area contributed by atoms with Crippen LogP contribution in [0.25, 0.3) is 0 Å². The molecule has 1 aromatic carbocycles. The first kappa shape index (κ1) is 17.4. The quantitative estimate of drug-likeness (QED) is 0.758. The van der Waals surface area contributed by atoms with E-state index in [4.69, 9.17) is 0 Å². The second-order valence-corrected chi connectivity index (χ2v) is 6.08. The van der Waals surface area contributed by atoms with E-state index < -0.39 is 5.60 Å². The van der Waals surface area contributed by atoms with Crippen LogP contribution in [-0.2, 0) is 4.79 Å². The molecule has 0 aliphatic carbocycles. The maximum atomic E-state index is 11.9. The van der Waals surface area contributed by atoms with E-state index in [0.717, 1.165) is 5.56 Å². The zero-order chi connectivity index (χ0) is 16.0. The average Bonchev–Trinajstić information content (AvgIpc) is 2.43. The van der Waals surface area contributed by atoms with Crippen molar-refractivity contribution < 1.29 is 14.7 Å². The number of carbonyl (C=O) groups excluding carboxylic acids is 2. The maximum Gasteiger partial charge on any atom is 0.220 e. The van der Waals surface area contributed by atoms with Crippen LogP contribution in [0.3, 0.4) is 0 Å². The molecular formula is C17H25NO3. The van der Waals surface area contributed by atoms with Crippen LogP contribution in [0.5, 0.6) is 0 Å². The molecule has 0 aliphatic rings. The number of rotatable bonds is 7. The van der Waals surface area contributed by atoms with Crippen LogP contribution < -0.4 is 5.32 Å². The summed E-state index contributed by atoms with van der Waals surface area (Å²) in [6, 6.07) is 7.32. The smallest absolute Gasteiger partial charge is 0.220 e. The fourth-order valence-corrected chi connectivity index (χ4v) is 1.68. The second kappa shape index (κ2) is 7.36. The van der Waals surface area contributed by atoms with Gasteiger partial charge in [0.1, 0.15) is 0 Å². The van der Waals surface area contributed by atoms with Crippen molar-refractivity contribution in [1.82, 2.24) is 5.32 Å². The molecule has 0 aliphatic heterocycles. The molecule has 0 spiro atoms. The molecule has 116 valence electrons. The molecule has 0 saturated carbocycles. The van der Waals surface area contributed by atoms with Crippen LogP contribution in [0.15, 0.2) is 24.3 Å². The number of hydrogen-bond donors (Lipinski definition) is 2. The van der Waals surface area contributed by atoms with E-state index in [2.05, 4.69) is 5.32 Å². The third-order valence-corrected chi connectivity index (χ3v) is 3.84. The topological polar surface area (TPSA) is 66.4 Å². The standard InChI is InChI=1S/C17H25NO3/c1-12(2)17(4,21)11-18-16(20)10-9-15(19)14-7-5-13(3)6-8-14/h5-8,12,21H,9-11H2,1-4H3,(H,18,20). The van der Waals surface area contributed by atoms with Gasteiger partial charge in [0, 0.05) is 24.9 Å². The highest BCUT2D eigenvalue weighted by Crippen LogP contribution is 2.14. The number of amides is 1. The van der Waals surface area contributed by atoms with Gasteiger partial charge in [-0.2, -0.15) is 0 Å². The van der Waals surface area contributed by atoms with Gasteiger partial charge in [-0.3, -0.25) is 9.59 Å². The van der Waals surface area contributed by atoms with Crippen LogP contribution in [0, 0.1) is 12.8 Å². The van der Waals surface area contributed by atoms with Gasteiger partial charge < -0.3 is 10.4 Å². The van der Waals surface area contributed by atoms with Crippen molar-refractivity contribution in [2.45, 2.75) is 46.1 Å². The number of Topliss-reactive ketones (excluding diaryl/α,β-unsaturated/α-hetero) is 1. The van der Waals surface area contributed by atoms with Crippen LogP contribution in [0.2, 0.25) is 0 Å². The molecule has 4 heteroatoms. The van der Waals surface area contributed by atoms with Crippen LogP contribution in [0.1, 0.15) is 49.5 Å². The van der Waals surface area contributed by atoms with Gasteiger partial charge in [-0.05, 0) is 19.8 Å². The van der Waals surface area contributed by atoms with Crippen molar-refractivity contribution in [1.29, 1.82) is 0 Å². The summed E-state index contributed by atoms with van der Waals surface area (Å²) in [6.45, 7) is 7.64. The Balaban J connectivity index is 2.39. The molecule has 0 bridgehead atoms. The molecule has 0 fully saturated rings. The number of carbonyl (C=O) groups is 2. The molecule has 0 heterocycles. The van der Waals surface area contributed by atoms with E-state index in [9.17, 15) is 14.7 Å². The van der Waals surface area contributed by atoms with Gasteiger partial charge >= 0.3 is 0 Å². The first-order chi connectivity index (χ1) is 9.72. The van der Waals surface area contributed by atoms with Gasteiger partial charge in [-0.1, -0.05) is 43.7 Å². The molecule has 0 saturated heterocycles. The van der Waals surface area contributed by atoms with Gasteiger partial charge in [0.05, 0.1) is 5.60 Å². The third kappa shape index (κ3) is 5.68. The molecule has 1 aromatic rings. The molecule has 4 nitrogen and oxygen atoms in total. The predicted octanol–water partition coefficient (Wildman–Crippen LogP) is 2.48. The number of hydrogen-bond acceptors (Lipinski definition) is 3. The summed E-state index contributed by atoms with van der Waals surface area (Å²) < 4.78 is 0. The number of ketones is 1. The van der Waals surface area contributed by atoms with E-state index in [0.29, 0.717) is 5.56 Å². The summed E-state index contributed by atoms with van der Waals surface area (Å²) in [4.78, 5) is 23.7. The van der Waals surface area contributed by atoms with Crippen molar-refractivity contribution >= 4 is 11.7 Å². The Bertz CT molecular complexity index is 489. The van der Waals surface area contributed by atoms with Gasteiger partial charge in [-0.25, -0.2) is 0 Å². The Morgan fingerprint density at radius 1 is 1.19 bits per heavy atom. The van der Waals surface area contributed by atoms with Gasteiger partial charge in [0.25, 0.3) is 0 Å². The lowest BCUT2D eigenvalue weighted by molar-refractivity contribution is -0.122. The maximum absolute atomic E-state index is 11.9. The molecule has 1 amide bonds. The highest BCUT2D eigenvalue weighted by atomic mass is 16.3. The number of benzene rings is 1. The number of nitrogens with one attached hydrogen (secondary N) is 1. The summed E-state index contributed by atoms with van der Waals surface area (Å²) >= 11 is 0. The zero-order valence-electron chi connectivity index (χ0n) is 13.3. The summed E-state index contributed by atoms with van der Waals surface area (Å²) in [6.07, 6.45) is 0.319. The summed E-state index contributed by atoms with van der Waals surface area (Å²) in [5, 5.41) is 12.7. The van der Waals surface area contributed by atoms with Gasteiger partial charge in [-0.15, -0.1) is 0 Å². The summed E-state index contributed by atoms with van der Waals surface area (Å²) in [5.74, 6) is -0.204. The van der Waals surface area contributed by atoms with Crippen LogP contribution in [-0.4, -0.2) is 28.9 Å². The Hall–Kier alpha value is -1.68. The van der Waals surface area contributed by atoms with E-state index in [1.54, 1.807) is 19.1 Å². The van der Waals surface area contributed by atoms with Crippen LogP contribution >= 0.6 is 0 Å².